The SMILES string of the molecule is C=C1C(=O)C23CC1CC(O)C2C1(C)CCCC(C)(C)C1C(OC(C)=O)C3. The number of aliphatic hydroxyl groups is 1. The van der Waals surface area contributed by atoms with E-state index in [-0.39, 0.29) is 46.4 Å². The van der Waals surface area contributed by atoms with Gasteiger partial charge in [-0.3, -0.25) is 9.59 Å². The predicted molar refractivity (Wildman–Crippen MR) is 98.2 cm³/mol. The maximum Gasteiger partial charge on any atom is 0.302 e. The first-order valence-corrected chi connectivity index (χ1v) is 10.1. The number of ketones is 1. The third kappa shape index (κ3) is 2.17. The maximum absolute atomic E-state index is 13.3. The lowest BCUT2D eigenvalue weighted by molar-refractivity contribution is -0.229. The summed E-state index contributed by atoms with van der Waals surface area (Å²) in [5, 5.41) is 11.2. The van der Waals surface area contributed by atoms with Crippen molar-refractivity contribution in [3.8, 4) is 0 Å². The van der Waals surface area contributed by atoms with Crippen LogP contribution < -0.4 is 0 Å². The molecule has 4 aliphatic rings. The van der Waals surface area contributed by atoms with Crippen molar-refractivity contribution in [3.63, 3.8) is 0 Å². The number of carbonyl (C=O) groups is 2. The van der Waals surface area contributed by atoms with Gasteiger partial charge in [0.1, 0.15) is 6.10 Å². The van der Waals surface area contributed by atoms with Gasteiger partial charge in [0.15, 0.2) is 5.78 Å². The van der Waals surface area contributed by atoms with Crippen molar-refractivity contribution in [1.29, 1.82) is 0 Å². The molecule has 4 saturated carbocycles. The number of carbonyl (C=O) groups excluding carboxylic acids is 2. The van der Waals surface area contributed by atoms with E-state index in [9.17, 15) is 14.7 Å². The highest BCUT2D eigenvalue weighted by Crippen LogP contribution is 2.71. The number of esters is 1. The van der Waals surface area contributed by atoms with Crippen LogP contribution in [0.25, 0.3) is 0 Å². The van der Waals surface area contributed by atoms with Crippen molar-refractivity contribution in [1.82, 2.24) is 0 Å². The van der Waals surface area contributed by atoms with Crippen LogP contribution in [0, 0.1) is 34.0 Å². The summed E-state index contributed by atoms with van der Waals surface area (Å²) in [5.74, 6) is 0.0454. The third-order valence-corrected chi connectivity index (χ3v) is 8.41. The molecule has 4 fully saturated rings. The highest BCUT2D eigenvalue weighted by molar-refractivity contribution is 6.03. The zero-order chi connectivity index (χ0) is 19.1. The highest BCUT2D eigenvalue weighted by atomic mass is 16.5. The minimum Gasteiger partial charge on any atom is -0.462 e. The molecule has 4 nitrogen and oxygen atoms in total. The van der Waals surface area contributed by atoms with E-state index in [4.69, 9.17) is 4.74 Å². The van der Waals surface area contributed by atoms with Crippen LogP contribution in [0.3, 0.4) is 0 Å². The number of fused-ring (bicyclic) bond motifs is 3. The van der Waals surface area contributed by atoms with Gasteiger partial charge in [0, 0.05) is 24.2 Å². The predicted octanol–water partition coefficient (Wildman–Crippen LogP) is 3.67. The van der Waals surface area contributed by atoms with E-state index in [1.54, 1.807) is 0 Å². The molecule has 1 N–H and O–H groups in total. The summed E-state index contributed by atoms with van der Waals surface area (Å²) in [4.78, 5) is 25.2. The minimum absolute atomic E-state index is 0.0178. The van der Waals surface area contributed by atoms with Gasteiger partial charge in [-0.05, 0) is 54.4 Å². The average molecular weight is 360 g/mol. The van der Waals surface area contributed by atoms with Crippen LogP contribution >= 0.6 is 0 Å². The van der Waals surface area contributed by atoms with Crippen LogP contribution in [0.2, 0.25) is 0 Å². The standard InChI is InChI=1S/C22H32O4/c1-12-14-9-15(24)17-21(5)8-6-7-20(3,4)18(21)16(26-13(2)23)11-22(17,10-14)19(12)25/h14-18,24H,1,6-11H2,2-5H3. The van der Waals surface area contributed by atoms with Crippen molar-refractivity contribution in [2.45, 2.75) is 78.4 Å². The lowest BCUT2D eigenvalue weighted by Gasteiger charge is -2.65. The van der Waals surface area contributed by atoms with Gasteiger partial charge in [-0.15, -0.1) is 0 Å². The molecule has 7 unspecified atom stereocenters. The van der Waals surface area contributed by atoms with Crippen LogP contribution in [0.5, 0.6) is 0 Å². The lowest BCUT2D eigenvalue weighted by atomic mass is 9.40. The second kappa shape index (κ2) is 5.43. The van der Waals surface area contributed by atoms with Crippen LogP contribution in [0.1, 0.15) is 66.2 Å². The number of aliphatic hydroxyl groups excluding tert-OH is 1. The van der Waals surface area contributed by atoms with Gasteiger partial charge in [0.2, 0.25) is 0 Å². The summed E-state index contributed by atoms with van der Waals surface area (Å²) >= 11 is 0. The van der Waals surface area contributed by atoms with E-state index in [0.29, 0.717) is 18.4 Å². The Kier molecular flexibility index (Phi) is 3.81. The second-order valence-electron chi connectivity index (χ2n) is 10.4. The number of allylic oxidation sites excluding steroid dienone is 1. The number of Topliss-reactive ketones (excluding diaryl/α,β-unsaturated/α-hetero) is 1. The fourth-order valence-corrected chi connectivity index (χ4v) is 8.03. The average Bonchev–Trinajstić information content (AvgIpc) is 2.66. The third-order valence-electron chi connectivity index (χ3n) is 8.41. The highest BCUT2D eigenvalue weighted by Gasteiger charge is 2.71. The zero-order valence-electron chi connectivity index (χ0n) is 16.5. The molecule has 0 heterocycles. The Bertz CT molecular complexity index is 680. The summed E-state index contributed by atoms with van der Waals surface area (Å²) in [6.07, 6.45) is 4.39. The van der Waals surface area contributed by atoms with Crippen molar-refractivity contribution in [2.24, 2.45) is 34.0 Å². The van der Waals surface area contributed by atoms with Gasteiger partial charge in [-0.1, -0.05) is 33.8 Å². The van der Waals surface area contributed by atoms with Gasteiger partial charge in [-0.25, -0.2) is 0 Å². The molecule has 0 aromatic carbocycles. The van der Waals surface area contributed by atoms with Crippen molar-refractivity contribution >= 4 is 11.8 Å². The Balaban J connectivity index is 1.88. The molecule has 0 amide bonds. The number of rotatable bonds is 1. The van der Waals surface area contributed by atoms with Crippen LogP contribution in [0.4, 0.5) is 0 Å². The molecule has 2 bridgehead atoms. The molecule has 0 aromatic heterocycles. The fraction of sp³-hybridized carbons (Fsp3) is 0.818. The van der Waals surface area contributed by atoms with Crippen molar-refractivity contribution in [3.05, 3.63) is 12.2 Å². The Morgan fingerprint density at radius 2 is 1.88 bits per heavy atom. The Morgan fingerprint density at radius 1 is 1.19 bits per heavy atom. The van der Waals surface area contributed by atoms with E-state index in [1.165, 1.54) is 6.92 Å². The van der Waals surface area contributed by atoms with E-state index in [2.05, 4.69) is 27.4 Å². The van der Waals surface area contributed by atoms with Gasteiger partial charge in [0.25, 0.3) is 0 Å². The first-order valence-electron chi connectivity index (χ1n) is 10.1. The first kappa shape index (κ1) is 18.2. The zero-order valence-corrected chi connectivity index (χ0v) is 16.5. The van der Waals surface area contributed by atoms with Crippen molar-refractivity contribution in [2.75, 3.05) is 0 Å². The number of hydrogen-bond donors (Lipinski definition) is 1. The van der Waals surface area contributed by atoms with Gasteiger partial charge < -0.3 is 9.84 Å². The largest absolute Gasteiger partial charge is 0.462 e. The fourth-order valence-electron chi connectivity index (χ4n) is 8.03. The van der Waals surface area contributed by atoms with E-state index in [1.807, 2.05) is 0 Å². The van der Waals surface area contributed by atoms with E-state index < -0.39 is 11.5 Å². The molecule has 0 aromatic rings. The van der Waals surface area contributed by atoms with E-state index >= 15 is 0 Å². The van der Waals surface area contributed by atoms with Gasteiger partial charge in [-0.2, -0.15) is 0 Å². The molecule has 26 heavy (non-hydrogen) atoms. The normalized spacial score (nSPS) is 49.3. The van der Waals surface area contributed by atoms with Gasteiger partial charge in [0.05, 0.1) is 6.10 Å². The molecule has 144 valence electrons. The molecule has 4 aliphatic carbocycles. The van der Waals surface area contributed by atoms with E-state index in [0.717, 1.165) is 25.7 Å². The molecular formula is C22H32O4. The molecule has 4 rings (SSSR count). The monoisotopic (exact) mass is 360 g/mol. The Labute approximate surface area is 156 Å². The summed E-state index contributed by atoms with van der Waals surface area (Å²) in [6, 6.07) is 0. The van der Waals surface area contributed by atoms with Crippen LogP contribution in [-0.2, 0) is 14.3 Å². The molecular weight excluding hydrogens is 328 g/mol. The molecule has 7 atom stereocenters. The maximum atomic E-state index is 13.3. The quantitative estimate of drug-likeness (QED) is 0.572. The summed E-state index contributed by atoms with van der Waals surface area (Å²) in [6.45, 7) is 12.3. The minimum atomic E-state index is -0.599. The summed E-state index contributed by atoms with van der Waals surface area (Å²) in [7, 11) is 0. The van der Waals surface area contributed by atoms with Crippen LogP contribution in [-0.4, -0.2) is 29.1 Å². The Hall–Kier alpha value is -1.16. The molecule has 0 radical (unpaired) electrons. The number of hydrogen-bond acceptors (Lipinski definition) is 4. The Morgan fingerprint density at radius 3 is 2.54 bits per heavy atom. The second-order valence-corrected chi connectivity index (χ2v) is 10.4. The van der Waals surface area contributed by atoms with Crippen molar-refractivity contribution < 1.29 is 19.4 Å². The summed E-state index contributed by atoms with van der Waals surface area (Å²) in [5.41, 5.74) is -0.0994. The first-order chi connectivity index (χ1) is 12.0. The molecule has 0 aliphatic heterocycles. The number of ether oxygens (including phenoxy) is 1. The molecule has 1 spiro atoms. The smallest absolute Gasteiger partial charge is 0.302 e. The summed E-state index contributed by atoms with van der Waals surface area (Å²) < 4.78 is 5.87. The molecule has 4 heteroatoms. The molecule has 0 saturated heterocycles. The van der Waals surface area contributed by atoms with Crippen LogP contribution in [0.15, 0.2) is 12.2 Å². The van der Waals surface area contributed by atoms with Gasteiger partial charge >= 0.3 is 5.97 Å². The lowest BCUT2D eigenvalue weighted by Crippen LogP contribution is -2.66. The topological polar surface area (TPSA) is 63.6 Å².